The van der Waals surface area contributed by atoms with Gasteiger partial charge in [0.2, 0.25) is 0 Å². The second kappa shape index (κ2) is 7.17. The number of pyridine rings is 2. The Morgan fingerprint density at radius 3 is 2.43 bits per heavy atom. The highest BCUT2D eigenvalue weighted by Gasteiger charge is 2.23. The molecule has 6 nitrogen and oxygen atoms in total. The predicted molar refractivity (Wildman–Crippen MR) is 109 cm³/mol. The number of carboxylic acid groups (broad SMARTS) is 1. The number of benzene rings is 2. The van der Waals surface area contributed by atoms with Crippen molar-refractivity contribution in [3.63, 3.8) is 0 Å². The molecule has 0 aliphatic heterocycles. The molecule has 0 atom stereocenters. The third-order valence-corrected chi connectivity index (χ3v) is 4.54. The van der Waals surface area contributed by atoms with Gasteiger partial charge in [0, 0.05) is 22.2 Å². The molecule has 138 valence electrons. The van der Waals surface area contributed by atoms with Gasteiger partial charge >= 0.3 is 5.97 Å². The summed E-state index contributed by atoms with van der Waals surface area (Å²) in [7, 11) is 0. The maximum absolute atomic E-state index is 13.1. The third-order valence-electron chi connectivity index (χ3n) is 4.30. The van der Waals surface area contributed by atoms with Crippen LogP contribution in [-0.2, 0) is 0 Å². The molecule has 0 fully saturated rings. The van der Waals surface area contributed by atoms with Gasteiger partial charge in [-0.2, -0.15) is 0 Å². The van der Waals surface area contributed by atoms with Gasteiger partial charge in [0.05, 0.1) is 0 Å². The van der Waals surface area contributed by atoms with Crippen LogP contribution in [0.1, 0.15) is 10.5 Å². The van der Waals surface area contributed by atoms with Gasteiger partial charge in [0.15, 0.2) is 5.69 Å². The molecule has 4 rings (SSSR count). The van der Waals surface area contributed by atoms with Crippen molar-refractivity contribution < 1.29 is 9.90 Å². The van der Waals surface area contributed by atoms with Gasteiger partial charge < -0.3 is 5.11 Å². The number of rotatable bonds is 4. The molecule has 0 aliphatic carbocycles. The zero-order valence-corrected chi connectivity index (χ0v) is 15.2. The fourth-order valence-electron chi connectivity index (χ4n) is 3.12. The highest BCUT2D eigenvalue weighted by Crippen LogP contribution is 2.32. The van der Waals surface area contributed by atoms with Crippen LogP contribution in [-0.4, -0.2) is 20.7 Å². The van der Waals surface area contributed by atoms with E-state index < -0.39 is 11.5 Å². The average molecular weight is 392 g/mol. The molecular weight excluding hydrogens is 378 g/mol. The molecule has 7 heteroatoms. The molecule has 0 radical (unpaired) electrons. The van der Waals surface area contributed by atoms with Gasteiger partial charge in [-0.05, 0) is 41.3 Å². The molecule has 0 amide bonds. The van der Waals surface area contributed by atoms with E-state index in [1.165, 1.54) is 0 Å². The third kappa shape index (κ3) is 3.10. The molecule has 0 aliphatic rings. The van der Waals surface area contributed by atoms with Crippen molar-refractivity contribution in [3.8, 4) is 11.1 Å². The first kappa shape index (κ1) is 17.8. The van der Waals surface area contributed by atoms with Crippen molar-refractivity contribution in [2.45, 2.75) is 0 Å². The zero-order chi connectivity index (χ0) is 19.7. The van der Waals surface area contributed by atoms with Crippen LogP contribution in [0.25, 0.3) is 21.9 Å². The molecular formula is C21H14ClN3O3. The zero-order valence-electron chi connectivity index (χ0n) is 14.5. The van der Waals surface area contributed by atoms with Gasteiger partial charge in [-0.15, -0.1) is 0 Å². The summed E-state index contributed by atoms with van der Waals surface area (Å²) in [4.78, 5) is 29.5. The van der Waals surface area contributed by atoms with Crippen LogP contribution in [0.3, 0.4) is 0 Å². The standard InChI is InChI=1S/C21H14ClN3O3/c22-14-9-10-15-16(12-14)18(13-6-2-1-3-7-13)19(21(27)28)25(20(15)26)24-17-8-4-5-11-23-17/h1-12H,(H,23,24)(H,27,28). The first-order chi connectivity index (χ1) is 13.6. The van der Waals surface area contributed by atoms with E-state index in [1.807, 2.05) is 6.07 Å². The molecule has 2 aromatic heterocycles. The lowest BCUT2D eigenvalue weighted by molar-refractivity contribution is 0.0687. The van der Waals surface area contributed by atoms with Crippen LogP contribution < -0.4 is 11.0 Å². The number of hydrogen-bond acceptors (Lipinski definition) is 4. The summed E-state index contributed by atoms with van der Waals surface area (Å²) >= 11 is 6.15. The van der Waals surface area contributed by atoms with E-state index in [-0.39, 0.29) is 5.69 Å². The topological polar surface area (TPSA) is 84.2 Å². The van der Waals surface area contributed by atoms with Crippen LogP contribution in [0.5, 0.6) is 0 Å². The Morgan fingerprint density at radius 2 is 1.75 bits per heavy atom. The highest BCUT2D eigenvalue weighted by atomic mass is 35.5. The first-order valence-corrected chi connectivity index (χ1v) is 8.79. The molecule has 28 heavy (non-hydrogen) atoms. The number of nitrogens with zero attached hydrogens (tertiary/aromatic N) is 2. The number of nitrogens with one attached hydrogen (secondary N) is 1. The minimum atomic E-state index is -1.25. The van der Waals surface area contributed by atoms with Gasteiger partial charge in [-0.1, -0.05) is 48.0 Å². The fourth-order valence-corrected chi connectivity index (χ4v) is 3.29. The first-order valence-electron chi connectivity index (χ1n) is 8.41. The maximum atomic E-state index is 13.1. The molecule has 0 saturated heterocycles. The van der Waals surface area contributed by atoms with Crippen LogP contribution in [0.2, 0.25) is 5.02 Å². The Labute approximate surface area is 164 Å². The number of aromatic nitrogens is 2. The SMILES string of the molecule is O=C(O)c1c(-c2ccccc2)c2cc(Cl)ccc2c(=O)n1Nc1ccccn1. The van der Waals surface area contributed by atoms with Crippen molar-refractivity contribution >= 4 is 34.2 Å². The minimum absolute atomic E-state index is 0.198. The number of hydrogen-bond donors (Lipinski definition) is 2. The van der Waals surface area contributed by atoms with Gasteiger partial charge in [-0.3, -0.25) is 10.2 Å². The summed E-state index contributed by atoms with van der Waals surface area (Å²) in [6.07, 6.45) is 1.55. The quantitative estimate of drug-likeness (QED) is 0.542. The lowest BCUT2D eigenvalue weighted by atomic mass is 9.97. The Morgan fingerprint density at radius 1 is 1.00 bits per heavy atom. The highest BCUT2D eigenvalue weighted by molar-refractivity contribution is 6.31. The molecule has 2 N–H and O–H groups in total. The number of aromatic carboxylic acids is 1. The number of carbonyl (C=O) groups is 1. The fraction of sp³-hybridized carbons (Fsp3) is 0. The summed E-state index contributed by atoms with van der Waals surface area (Å²) in [5, 5.41) is 11.2. The van der Waals surface area contributed by atoms with E-state index in [4.69, 9.17) is 11.6 Å². The normalized spacial score (nSPS) is 10.8. The smallest absolute Gasteiger partial charge is 0.355 e. The molecule has 2 aromatic carbocycles. The largest absolute Gasteiger partial charge is 0.476 e. The van der Waals surface area contributed by atoms with Crippen molar-refractivity contribution in [2.24, 2.45) is 0 Å². The summed E-state index contributed by atoms with van der Waals surface area (Å²) in [5.41, 5.74) is 3.17. The second-order valence-electron chi connectivity index (χ2n) is 6.05. The Balaban J connectivity index is 2.13. The Bertz CT molecular complexity index is 1240. The molecule has 2 heterocycles. The van der Waals surface area contributed by atoms with E-state index in [9.17, 15) is 14.7 Å². The van der Waals surface area contributed by atoms with Crippen LogP contribution >= 0.6 is 11.6 Å². The van der Waals surface area contributed by atoms with Gasteiger partial charge in [-0.25, -0.2) is 14.5 Å². The Hall–Kier alpha value is -3.64. The van der Waals surface area contributed by atoms with E-state index in [0.717, 1.165) is 4.68 Å². The van der Waals surface area contributed by atoms with E-state index >= 15 is 0 Å². The summed E-state index contributed by atoms with van der Waals surface area (Å²) < 4.78 is 1.02. The number of halogens is 1. The number of fused-ring (bicyclic) bond motifs is 1. The average Bonchev–Trinajstić information content (AvgIpc) is 2.71. The lowest BCUT2D eigenvalue weighted by Gasteiger charge is -2.18. The van der Waals surface area contributed by atoms with Crippen molar-refractivity contribution in [1.82, 2.24) is 9.66 Å². The lowest BCUT2D eigenvalue weighted by Crippen LogP contribution is -2.32. The predicted octanol–water partition coefficient (Wildman–Crippen LogP) is 4.29. The van der Waals surface area contributed by atoms with Crippen LogP contribution in [0, 0.1) is 0 Å². The molecule has 0 saturated carbocycles. The van der Waals surface area contributed by atoms with Crippen LogP contribution in [0.15, 0.2) is 77.7 Å². The molecule has 0 bridgehead atoms. The molecule has 0 spiro atoms. The summed E-state index contributed by atoms with van der Waals surface area (Å²) in [6, 6.07) is 18.9. The number of carboxylic acids is 1. The summed E-state index contributed by atoms with van der Waals surface area (Å²) in [5.74, 6) is -0.902. The van der Waals surface area contributed by atoms with E-state index in [1.54, 1.807) is 66.9 Å². The van der Waals surface area contributed by atoms with E-state index in [2.05, 4.69) is 10.4 Å². The monoisotopic (exact) mass is 391 g/mol. The number of anilines is 1. The van der Waals surface area contributed by atoms with Crippen LogP contribution in [0.4, 0.5) is 5.82 Å². The van der Waals surface area contributed by atoms with Crippen molar-refractivity contribution in [1.29, 1.82) is 0 Å². The van der Waals surface area contributed by atoms with Crippen molar-refractivity contribution in [2.75, 3.05) is 5.43 Å². The molecule has 4 aromatic rings. The maximum Gasteiger partial charge on any atom is 0.355 e. The minimum Gasteiger partial charge on any atom is -0.476 e. The second-order valence-corrected chi connectivity index (χ2v) is 6.49. The van der Waals surface area contributed by atoms with E-state index in [0.29, 0.717) is 32.7 Å². The van der Waals surface area contributed by atoms with Gasteiger partial charge in [0.1, 0.15) is 5.82 Å². The van der Waals surface area contributed by atoms with Gasteiger partial charge in [0.25, 0.3) is 5.56 Å². The molecule has 0 unspecified atom stereocenters. The Kier molecular flexibility index (Phi) is 4.55. The van der Waals surface area contributed by atoms with Crippen molar-refractivity contribution in [3.05, 3.63) is 94.0 Å². The summed E-state index contributed by atoms with van der Waals surface area (Å²) in [6.45, 7) is 0.